The molecule has 0 heterocycles. The number of nitrogens with one attached hydrogen (secondary N) is 1. The molecule has 0 aromatic heterocycles. The summed E-state index contributed by atoms with van der Waals surface area (Å²) in [6, 6.07) is 14.2. The molecule has 2 aliphatic rings. The zero-order valence-electron chi connectivity index (χ0n) is 12.9. The van der Waals surface area contributed by atoms with Crippen LogP contribution < -0.4 is 5.32 Å². The maximum atomic E-state index is 9.55. The number of hydrogen-bond acceptors (Lipinski definition) is 3. The van der Waals surface area contributed by atoms with E-state index in [2.05, 4.69) is 35.3 Å². The SMILES string of the molecule is CCN(CCNC1CC(C#N)(c2ccccc2)C1)C1CC1. The number of hydrogen-bond donors (Lipinski definition) is 1. The minimum absolute atomic E-state index is 0.250. The van der Waals surface area contributed by atoms with Gasteiger partial charge in [-0.15, -0.1) is 0 Å². The van der Waals surface area contributed by atoms with Gasteiger partial charge in [-0.05, 0) is 37.8 Å². The van der Waals surface area contributed by atoms with E-state index in [0.29, 0.717) is 6.04 Å². The standard InChI is InChI=1S/C18H25N3/c1-2-21(17-8-9-17)11-10-20-16-12-18(13-16,14-19)15-6-4-3-5-7-15/h3-7,16-17,20H,2,8-13H2,1H3. The summed E-state index contributed by atoms with van der Waals surface area (Å²) in [5.74, 6) is 0. The average Bonchev–Trinajstić information content (AvgIpc) is 3.31. The first kappa shape index (κ1) is 14.6. The fourth-order valence-electron chi connectivity index (χ4n) is 3.53. The van der Waals surface area contributed by atoms with Crippen LogP contribution in [0.3, 0.4) is 0 Å². The largest absolute Gasteiger partial charge is 0.313 e. The molecular formula is C18H25N3. The van der Waals surface area contributed by atoms with Crippen LogP contribution in [0.15, 0.2) is 30.3 Å². The molecule has 0 atom stereocenters. The lowest BCUT2D eigenvalue weighted by Crippen LogP contribution is -2.52. The molecule has 1 aromatic rings. The Balaban J connectivity index is 1.45. The van der Waals surface area contributed by atoms with E-state index in [1.807, 2.05) is 18.2 Å². The number of nitriles is 1. The summed E-state index contributed by atoms with van der Waals surface area (Å²) in [4.78, 5) is 2.57. The van der Waals surface area contributed by atoms with E-state index in [0.717, 1.165) is 38.5 Å². The highest BCUT2D eigenvalue weighted by Crippen LogP contribution is 2.43. The molecule has 2 aliphatic carbocycles. The van der Waals surface area contributed by atoms with Gasteiger partial charge in [0.25, 0.3) is 0 Å². The molecule has 0 radical (unpaired) electrons. The van der Waals surface area contributed by atoms with E-state index in [1.165, 1.54) is 18.4 Å². The van der Waals surface area contributed by atoms with Crippen LogP contribution in [0.1, 0.15) is 38.2 Å². The Morgan fingerprint density at radius 2 is 2.00 bits per heavy atom. The van der Waals surface area contributed by atoms with Crippen molar-refractivity contribution in [2.45, 2.75) is 50.1 Å². The van der Waals surface area contributed by atoms with E-state index >= 15 is 0 Å². The van der Waals surface area contributed by atoms with Crippen LogP contribution in [-0.2, 0) is 5.41 Å². The first-order chi connectivity index (χ1) is 10.3. The molecule has 2 saturated carbocycles. The zero-order valence-corrected chi connectivity index (χ0v) is 12.9. The van der Waals surface area contributed by atoms with E-state index in [1.54, 1.807) is 0 Å². The van der Waals surface area contributed by atoms with E-state index < -0.39 is 0 Å². The Morgan fingerprint density at radius 1 is 1.29 bits per heavy atom. The van der Waals surface area contributed by atoms with Gasteiger partial charge in [-0.2, -0.15) is 5.26 Å². The Hall–Kier alpha value is -1.37. The number of rotatable bonds is 7. The molecule has 3 rings (SSSR count). The number of benzene rings is 1. The van der Waals surface area contributed by atoms with Gasteiger partial charge < -0.3 is 5.32 Å². The molecule has 1 aromatic carbocycles. The van der Waals surface area contributed by atoms with Gasteiger partial charge in [0.05, 0.1) is 11.5 Å². The van der Waals surface area contributed by atoms with Crippen LogP contribution >= 0.6 is 0 Å². The minimum Gasteiger partial charge on any atom is -0.313 e. The molecule has 112 valence electrons. The van der Waals surface area contributed by atoms with Gasteiger partial charge in [0.15, 0.2) is 0 Å². The van der Waals surface area contributed by atoms with Gasteiger partial charge in [0.1, 0.15) is 0 Å². The van der Waals surface area contributed by atoms with Crippen molar-refractivity contribution in [2.75, 3.05) is 19.6 Å². The summed E-state index contributed by atoms with van der Waals surface area (Å²) in [5.41, 5.74) is 0.929. The summed E-state index contributed by atoms with van der Waals surface area (Å²) in [6.07, 6.45) is 4.65. The van der Waals surface area contributed by atoms with Crippen LogP contribution in [0.25, 0.3) is 0 Å². The molecule has 3 heteroatoms. The van der Waals surface area contributed by atoms with Gasteiger partial charge in [-0.3, -0.25) is 4.90 Å². The van der Waals surface area contributed by atoms with Gasteiger partial charge in [0, 0.05) is 25.2 Å². The normalized spacial score (nSPS) is 28.1. The van der Waals surface area contributed by atoms with Crippen molar-refractivity contribution < 1.29 is 0 Å². The topological polar surface area (TPSA) is 39.1 Å². The summed E-state index contributed by atoms with van der Waals surface area (Å²) in [6.45, 7) is 5.59. The van der Waals surface area contributed by atoms with Crippen molar-refractivity contribution >= 4 is 0 Å². The van der Waals surface area contributed by atoms with Gasteiger partial charge in [0.2, 0.25) is 0 Å². The first-order valence-electron chi connectivity index (χ1n) is 8.21. The van der Waals surface area contributed by atoms with Crippen molar-refractivity contribution in [1.29, 1.82) is 5.26 Å². The monoisotopic (exact) mass is 283 g/mol. The Bertz CT molecular complexity index is 495. The molecule has 0 bridgehead atoms. The number of nitrogens with zero attached hydrogens (tertiary/aromatic N) is 2. The summed E-state index contributed by atoms with van der Waals surface area (Å²) >= 11 is 0. The molecule has 0 amide bonds. The molecule has 0 unspecified atom stereocenters. The Morgan fingerprint density at radius 3 is 2.57 bits per heavy atom. The van der Waals surface area contributed by atoms with Crippen molar-refractivity contribution in [3.8, 4) is 6.07 Å². The van der Waals surface area contributed by atoms with Gasteiger partial charge >= 0.3 is 0 Å². The van der Waals surface area contributed by atoms with Crippen LogP contribution in [0, 0.1) is 11.3 Å². The summed E-state index contributed by atoms with van der Waals surface area (Å²) < 4.78 is 0. The third kappa shape index (κ3) is 3.12. The lowest BCUT2D eigenvalue weighted by Gasteiger charge is -2.43. The Labute approximate surface area is 128 Å². The lowest BCUT2D eigenvalue weighted by atomic mass is 9.62. The number of likely N-dealkylation sites (N-methyl/N-ethyl adjacent to an activating group) is 1. The zero-order chi connectivity index (χ0) is 14.7. The highest BCUT2D eigenvalue weighted by Gasteiger charge is 2.45. The third-order valence-corrected chi connectivity index (χ3v) is 5.03. The highest BCUT2D eigenvalue weighted by atomic mass is 15.2. The maximum absolute atomic E-state index is 9.55. The van der Waals surface area contributed by atoms with Crippen LogP contribution in [0.4, 0.5) is 0 Å². The van der Waals surface area contributed by atoms with Crippen LogP contribution in [0.5, 0.6) is 0 Å². The van der Waals surface area contributed by atoms with Gasteiger partial charge in [-0.25, -0.2) is 0 Å². The van der Waals surface area contributed by atoms with Crippen LogP contribution in [-0.4, -0.2) is 36.6 Å². The van der Waals surface area contributed by atoms with Crippen molar-refractivity contribution in [3.05, 3.63) is 35.9 Å². The second kappa shape index (κ2) is 6.17. The fraction of sp³-hybridized carbons (Fsp3) is 0.611. The van der Waals surface area contributed by atoms with Gasteiger partial charge in [-0.1, -0.05) is 37.3 Å². The van der Waals surface area contributed by atoms with Crippen LogP contribution in [0.2, 0.25) is 0 Å². The molecule has 0 spiro atoms. The fourth-order valence-corrected chi connectivity index (χ4v) is 3.53. The molecule has 0 aliphatic heterocycles. The smallest absolute Gasteiger partial charge is 0.0852 e. The van der Waals surface area contributed by atoms with E-state index in [4.69, 9.17) is 0 Å². The predicted octanol–water partition coefficient (Wildman–Crippen LogP) is 2.68. The molecule has 1 N–H and O–H groups in total. The highest BCUT2D eigenvalue weighted by molar-refractivity contribution is 5.36. The Kier molecular flexibility index (Phi) is 4.28. The molecule has 21 heavy (non-hydrogen) atoms. The van der Waals surface area contributed by atoms with Crippen molar-refractivity contribution in [2.24, 2.45) is 0 Å². The predicted molar refractivity (Wildman–Crippen MR) is 85.0 cm³/mol. The first-order valence-corrected chi connectivity index (χ1v) is 8.21. The van der Waals surface area contributed by atoms with Crippen molar-refractivity contribution in [1.82, 2.24) is 10.2 Å². The van der Waals surface area contributed by atoms with E-state index in [9.17, 15) is 5.26 Å². The molecule has 3 nitrogen and oxygen atoms in total. The summed E-state index contributed by atoms with van der Waals surface area (Å²) in [5, 5.41) is 13.2. The molecule has 2 fully saturated rings. The molecular weight excluding hydrogens is 258 g/mol. The average molecular weight is 283 g/mol. The van der Waals surface area contributed by atoms with Crippen molar-refractivity contribution in [3.63, 3.8) is 0 Å². The van der Waals surface area contributed by atoms with E-state index in [-0.39, 0.29) is 5.41 Å². The minimum atomic E-state index is -0.250. The third-order valence-electron chi connectivity index (χ3n) is 5.03. The molecule has 0 saturated heterocycles. The lowest BCUT2D eigenvalue weighted by molar-refractivity contribution is 0.209. The summed E-state index contributed by atoms with van der Waals surface area (Å²) in [7, 11) is 0. The second-order valence-electron chi connectivity index (χ2n) is 6.48. The maximum Gasteiger partial charge on any atom is 0.0852 e. The second-order valence-corrected chi connectivity index (χ2v) is 6.48. The quantitative estimate of drug-likeness (QED) is 0.836.